The van der Waals surface area contributed by atoms with Crippen LogP contribution in [0.15, 0.2) is 0 Å². The van der Waals surface area contributed by atoms with Gasteiger partial charge in [-0.25, -0.2) is 4.79 Å². The van der Waals surface area contributed by atoms with Crippen LogP contribution in [0.4, 0.5) is 8.78 Å². The van der Waals surface area contributed by atoms with Crippen molar-refractivity contribution in [2.24, 2.45) is 5.92 Å². The zero-order valence-electron chi connectivity index (χ0n) is 6.23. The lowest BCUT2D eigenvalue weighted by atomic mass is 10.2. The van der Waals surface area contributed by atoms with Gasteiger partial charge in [-0.15, -0.1) is 0 Å². The zero-order chi connectivity index (χ0) is 9.07. The second-order valence-electron chi connectivity index (χ2n) is 2.49. The van der Waals surface area contributed by atoms with Crippen molar-refractivity contribution < 1.29 is 18.3 Å². The van der Waals surface area contributed by atoms with Crippen molar-refractivity contribution >= 4 is 17.6 Å². The van der Waals surface area contributed by atoms with E-state index in [9.17, 15) is 13.6 Å². The Labute approximate surface area is 68.5 Å². The maximum absolute atomic E-state index is 11.9. The molecular formula is C6H9ClF2O2. The van der Waals surface area contributed by atoms with Crippen molar-refractivity contribution in [3.8, 4) is 0 Å². The fourth-order valence-electron chi connectivity index (χ4n) is 0.324. The van der Waals surface area contributed by atoms with Crippen LogP contribution in [0.2, 0.25) is 0 Å². The first kappa shape index (κ1) is 10.6. The molecule has 2 nitrogen and oxygen atoms in total. The Balaban J connectivity index is 3.71. The van der Waals surface area contributed by atoms with E-state index in [2.05, 4.69) is 16.3 Å². The van der Waals surface area contributed by atoms with Crippen LogP contribution >= 0.6 is 11.6 Å². The Hall–Kier alpha value is -0.380. The topological polar surface area (TPSA) is 26.3 Å². The average Bonchev–Trinajstić information content (AvgIpc) is 1.80. The van der Waals surface area contributed by atoms with E-state index in [0.29, 0.717) is 0 Å². The van der Waals surface area contributed by atoms with Gasteiger partial charge in [-0.1, -0.05) is 13.8 Å². The molecular weight excluding hydrogens is 178 g/mol. The lowest BCUT2D eigenvalue weighted by Gasteiger charge is -2.09. The van der Waals surface area contributed by atoms with Gasteiger partial charge in [0.1, 0.15) is 0 Å². The van der Waals surface area contributed by atoms with Gasteiger partial charge in [0.05, 0.1) is 6.61 Å². The lowest BCUT2D eigenvalue weighted by Crippen LogP contribution is -2.25. The second kappa shape index (κ2) is 3.85. The minimum atomic E-state index is -3.89. The van der Waals surface area contributed by atoms with Gasteiger partial charge in [-0.05, 0) is 17.5 Å². The minimum absolute atomic E-state index is 0.0259. The normalized spacial score (nSPS) is 11.8. The number of alkyl halides is 3. The molecule has 0 atom stereocenters. The predicted octanol–water partition coefficient (Wildman–Crippen LogP) is 2.02. The fraction of sp³-hybridized carbons (Fsp3) is 0.833. The summed E-state index contributed by atoms with van der Waals surface area (Å²) in [5, 5.41) is -3.89. The Bertz CT molecular complexity index is 142. The molecule has 0 aromatic rings. The van der Waals surface area contributed by atoms with Crippen molar-refractivity contribution in [1.29, 1.82) is 0 Å². The van der Waals surface area contributed by atoms with Crippen molar-refractivity contribution in [3.63, 3.8) is 0 Å². The molecule has 0 unspecified atom stereocenters. The maximum atomic E-state index is 11.9. The Kier molecular flexibility index (Phi) is 3.72. The third-order valence-electron chi connectivity index (χ3n) is 0.779. The van der Waals surface area contributed by atoms with E-state index in [4.69, 9.17) is 0 Å². The van der Waals surface area contributed by atoms with Crippen molar-refractivity contribution in [2.75, 3.05) is 6.61 Å². The first-order valence-corrected chi connectivity index (χ1v) is 3.45. The summed E-state index contributed by atoms with van der Waals surface area (Å²) in [6.45, 7) is 3.43. The third kappa shape index (κ3) is 4.95. The summed E-state index contributed by atoms with van der Waals surface area (Å²) < 4.78 is 27.9. The van der Waals surface area contributed by atoms with Crippen molar-refractivity contribution in [2.45, 2.75) is 19.2 Å². The molecule has 0 rings (SSSR count). The van der Waals surface area contributed by atoms with E-state index in [1.165, 1.54) is 0 Å². The zero-order valence-corrected chi connectivity index (χ0v) is 6.99. The van der Waals surface area contributed by atoms with E-state index < -0.39 is 11.4 Å². The summed E-state index contributed by atoms with van der Waals surface area (Å²) in [5.41, 5.74) is 0. The molecule has 0 radical (unpaired) electrons. The third-order valence-corrected chi connectivity index (χ3v) is 0.934. The monoisotopic (exact) mass is 186 g/mol. The van der Waals surface area contributed by atoms with Crippen LogP contribution in [0, 0.1) is 5.92 Å². The molecule has 0 fully saturated rings. The fourth-order valence-corrected chi connectivity index (χ4v) is 0.379. The quantitative estimate of drug-likeness (QED) is 0.498. The van der Waals surface area contributed by atoms with Gasteiger partial charge in [0.25, 0.3) is 0 Å². The van der Waals surface area contributed by atoms with Crippen LogP contribution in [0.3, 0.4) is 0 Å². The number of hydrogen-bond acceptors (Lipinski definition) is 2. The minimum Gasteiger partial charge on any atom is -0.460 e. The van der Waals surface area contributed by atoms with Crippen LogP contribution in [-0.2, 0) is 9.53 Å². The average molecular weight is 187 g/mol. The number of hydrogen-bond donors (Lipinski definition) is 0. The molecule has 0 heterocycles. The predicted molar refractivity (Wildman–Crippen MR) is 36.6 cm³/mol. The number of halogens is 3. The number of rotatable bonds is 3. The van der Waals surface area contributed by atoms with Gasteiger partial charge in [-0.3, -0.25) is 0 Å². The smallest absolute Gasteiger partial charge is 0.417 e. The number of carbonyl (C=O) groups is 1. The highest BCUT2D eigenvalue weighted by atomic mass is 35.5. The largest absolute Gasteiger partial charge is 0.460 e. The SMILES string of the molecule is CC(C)COC(=O)C(F)(F)Cl. The summed E-state index contributed by atoms with van der Waals surface area (Å²) in [4.78, 5) is 10.3. The van der Waals surface area contributed by atoms with Gasteiger partial charge in [0.2, 0.25) is 0 Å². The number of ether oxygens (including phenoxy) is 1. The van der Waals surface area contributed by atoms with Gasteiger partial charge in [0.15, 0.2) is 0 Å². The van der Waals surface area contributed by atoms with E-state index in [1.807, 2.05) is 0 Å². The molecule has 0 N–H and O–H groups in total. The Morgan fingerprint density at radius 1 is 1.64 bits per heavy atom. The molecule has 0 aliphatic heterocycles. The maximum Gasteiger partial charge on any atom is 0.417 e. The van der Waals surface area contributed by atoms with Crippen LogP contribution in [-0.4, -0.2) is 18.0 Å². The summed E-state index contributed by atoms with van der Waals surface area (Å²) in [6.07, 6.45) is 0. The van der Waals surface area contributed by atoms with Crippen molar-refractivity contribution in [1.82, 2.24) is 0 Å². The molecule has 11 heavy (non-hydrogen) atoms. The van der Waals surface area contributed by atoms with E-state index in [1.54, 1.807) is 13.8 Å². The highest BCUT2D eigenvalue weighted by Crippen LogP contribution is 2.20. The van der Waals surface area contributed by atoms with Gasteiger partial charge < -0.3 is 4.74 Å². The standard InChI is InChI=1S/C6H9ClF2O2/c1-4(2)3-11-5(10)6(7,8)9/h4H,3H2,1-2H3. The first-order valence-electron chi connectivity index (χ1n) is 3.08. The molecule has 0 saturated carbocycles. The van der Waals surface area contributed by atoms with Crippen LogP contribution in [0.25, 0.3) is 0 Å². The molecule has 0 amide bonds. The van der Waals surface area contributed by atoms with Crippen LogP contribution in [0.1, 0.15) is 13.8 Å². The molecule has 0 aromatic carbocycles. The molecule has 66 valence electrons. The number of esters is 1. The first-order chi connectivity index (χ1) is 4.84. The molecule has 0 spiro atoms. The summed E-state index contributed by atoms with van der Waals surface area (Å²) in [7, 11) is 0. The molecule has 0 bridgehead atoms. The summed E-state index contributed by atoms with van der Waals surface area (Å²) in [5.74, 6) is -1.66. The Morgan fingerprint density at radius 2 is 2.09 bits per heavy atom. The van der Waals surface area contributed by atoms with E-state index in [0.717, 1.165) is 0 Å². The molecule has 5 heteroatoms. The molecule has 0 saturated heterocycles. The second-order valence-corrected chi connectivity index (χ2v) is 2.96. The highest BCUT2D eigenvalue weighted by Gasteiger charge is 2.37. The van der Waals surface area contributed by atoms with Crippen LogP contribution < -0.4 is 0 Å². The van der Waals surface area contributed by atoms with Crippen molar-refractivity contribution in [3.05, 3.63) is 0 Å². The molecule has 0 aliphatic carbocycles. The van der Waals surface area contributed by atoms with Crippen LogP contribution in [0.5, 0.6) is 0 Å². The summed E-state index contributed by atoms with van der Waals surface area (Å²) in [6, 6.07) is 0. The van der Waals surface area contributed by atoms with E-state index in [-0.39, 0.29) is 12.5 Å². The molecule has 0 aliphatic rings. The number of carbonyl (C=O) groups excluding carboxylic acids is 1. The Morgan fingerprint density at radius 3 is 2.36 bits per heavy atom. The van der Waals surface area contributed by atoms with E-state index >= 15 is 0 Å². The van der Waals surface area contributed by atoms with Gasteiger partial charge >= 0.3 is 11.4 Å². The summed E-state index contributed by atoms with van der Waals surface area (Å²) >= 11 is 4.36. The van der Waals surface area contributed by atoms with Gasteiger partial charge in [-0.2, -0.15) is 8.78 Å². The highest BCUT2D eigenvalue weighted by molar-refractivity contribution is 6.31. The molecule has 0 aromatic heterocycles. The van der Waals surface area contributed by atoms with Gasteiger partial charge in [0, 0.05) is 0 Å². The lowest BCUT2D eigenvalue weighted by molar-refractivity contribution is -0.162.